The summed E-state index contributed by atoms with van der Waals surface area (Å²) < 4.78 is 6.11. The second-order valence-electron chi connectivity index (χ2n) is 15.8. The van der Waals surface area contributed by atoms with Crippen LogP contribution in [0.25, 0.3) is 50.7 Å². The maximum absolute atomic E-state index is 6.11. The van der Waals surface area contributed by atoms with Crippen molar-refractivity contribution in [2.45, 2.75) is 24.4 Å². The first kappa shape index (κ1) is 35.3. The van der Waals surface area contributed by atoms with Crippen molar-refractivity contribution in [1.29, 1.82) is 0 Å². The van der Waals surface area contributed by atoms with Crippen molar-refractivity contribution in [3.05, 3.63) is 211 Å². The molecule has 4 heterocycles. The SMILES string of the molecule is CC12CC=C(c3nc(C4=CC5C(=[P+](c6ccccc6)c6ccccc65)C=C4)nc(-c4ccc(-c5nc6ccccc6o5)cc4)n3)C=C1c1ccccc1P2c1ccccc1. The van der Waals surface area contributed by atoms with Crippen LogP contribution in [0.5, 0.6) is 0 Å². The third-order valence-electron chi connectivity index (χ3n) is 12.3. The molecule has 284 valence electrons. The lowest BCUT2D eigenvalue weighted by molar-refractivity contribution is 0.620. The number of hydrogen-bond donors (Lipinski definition) is 0. The number of benzene rings is 6. The van der Waals surface area contributed by atoms with E-state index in [0.29, 0.717) is 23.4 Å². The first-order valence-corrected chi connectivity index (χ1v) is 23.1. The Hall–Kier alpha value is -6.64. The highest BCUT2D eigenvalue weighted by molar-refractivity contribution is 7.76. The van der Waals surface area contributed by atoms with Crippen LogP contribution in [0.1, 0.15) is 42.0 Å². The molecule has 0 saturated carbocycles. The van der Waals surface area contributed by atoms with Crippen LogP contribution in [-0.2, 0) is 0 Å². The van der Waals surface area contributed by atoms with Crippen molar-refractivity contribution in [2.75, 3.05) is 0 Å². The lowest BCUT2D eigenvalue weighted by atomic mass is 9.85. The molecular formula is C53H37N4OP2+. The zero-order valence-corrected chi connectivity index (χ0v) is 34.6. The summed E-state index contributed by atoms with van der Waals surface area (Å²) in [5, 5.41) is 7.04. The van der Waals surface area contributed by atoms with Crippen LogP contribution < -0.4 is 21.2 Å². The number of nitrogens with zero attached hydrogens (tertiary/aromatic N) is 4. The number of allylic oxidation sites excluding steroid dienone is 8. The monoisotopic (exact) mass is 807 g/mol. The minimum atomic E-state index is -0.638. The molecule has 60 heavy (non-hydrogen) atoms. The van der Waals surface area contributed by atoms with Gasteiger partial charge in [-0.05, 0) is 96.8 Å². The predicted molar refractivity (Wildman–Crippen MR) is 250 cm³/mol. The Balaban J connectivity index is 0.984. The Morgan fingerprint density at radius 3 is 2.15 bits per heavy atom. The fourth-order valence-corrected chi connectivity index (χ4v) is 15.3. The molecule has 2 aliphatic carbocycles. The minimum Gasteiger partial charge on any atom is -0.436 e. The molecule has 0 amide bonds. The normalized spacial score (nSPS) is 20.5. The maximum atomic E-state index is 6.11. The van der Waals surface area contributed by atoms with Gasteiger partial charge in [-0.1, -0.05) is 134 Å². The van der Waals surface area contributed by atoms with E-state index in [1.165, 1.54) is 43.2 Å². The number of fused-ring (bicyclic) bond motifs is 7. The van der Waals surface area contributed by atoms with Gasteiger partial charge in [0.25, 0.3) is 0 Å². The number of aromatic nitrogens is 4. The third kappa shape index (κ3) is 5.69. The fraction of sp³-hybridized carbons (Fsp3) is 0.0755. The Morgan fingerprint density at radius 1 is 0.633 bits per heavy atom. The second-order valence-corrected chi connectivity index (χ2v) is 20.7. The largest absolute Gasteiger partial charge is 0.436 e. The topological polar surface area (TPSA) is 64.7 Å². The van der Waals surface area contributed by atoms with Crippen molar-refractivity contribution < 1.29 is 4.42 Å². The molecule has 4 aliphatic rings. The van der Waals surface area contributed by atoms with E-state index in [0.717, 1.165) is 39.8 Å². The highest BCUT2D eigenvalue weighted by Crippen LogP contribution is 2.64. The second kappa shape index (κ2) is 14.0. The summed E-state index contributed by atoms with van der Waals surface area (Å²) in [6, 6.07) is 56.0. The summed E-state index contributed by atoms with van der Waals surface area (Å²) in [4.78, 5) is 20.6. The summed E-state index contributed by atoms with van der Waals surface area (Å²) >= 11 is 0. The zero-order chi connectivity index (χ0) is 39.8. The molecule has 12 rings (SSSR count). The van der Waals surface area contributed by atoms with Crippen LogP contribution in [0, 0.1) is 0 Å². The van der Waals surface area contributed by atoms with Crippen molar-refractivity contribution in [3.63, 3.8) is 0 Å². The van der Waals surface area contributed by atoms with Crippen LogP contribution in [0.4, 0.5) is 0 Å². The Kier molecular flexibility index (Phi) is 8.23. The molecule has 8 aromatic rings. The molecule has 2 aromatic heterocycles. The van der Waals surface area contributed by atoms with E-state index in [2.05, 4.69) is 159 Å². The van der Waals surface area contributed by atoms with Gasteiger partial charge in [-0.25, -0.2) is 19.9 Å². The third-order valence-corrected chi connectivity index (χ3v) is 18.0. The van der Waals surface area contributed by atoms with Crippen LogP contribution in [0.15, 0.2) is 193 Å². The van der Waals surface area contributed by atoms with Gasteiger partial charge >= 0.3 is 0 Å². The number of oxazole rings is 1. The van der Waals surface area contributed by atoms with Crippen LogP contribution in [-0.4, -0.2) is 30.4 Å². The molecule has 2 aliphatic heterocycles. The van der Waals surface area contributed by atoms with Gasteiger partial charge in [-0.3, -0.25) is 0 Å². The van der Waals surface area contributed by atoms with Gasteiger partial charge in [0.15, 0.2) is 41.2 Å². The maximum Gasteiger partial charge on any atom is 0.227 e. The van der Waals surface area contributed by atoms with Gasteiger partial charge in [0.1, 0.15) is 10.8 Å². The molecule has 0 bridgehead atoms. The van der Waals surface area contributed by atoms with E-state index in [-0.39, 0.29) is 11.1 Å². The summed E-state index contributed by atoms with van der Waals surface area (Å²) in [7, 11) is -1.26. The zero-order valence-electron chi connectivity index (χ0n) is 32.8. The minimum absolute atomic E-state index is 0.0447. The molecule has 0 radical (unpaired) electrons. The van der Waals surface area contributed by atoms with E-state index in [1.54, 1.807) is 0 Å². The summed E-state index contributed by atoms with van der Waals surface area (Å²) in [6.45, 7) is 2.45. The molecule has 4 unspecified atom stereocenters. The van der Waals surface area contributed by atoms with Gasteiger partial charge in [-0.15, -0.1) is 0 Å². The summed E-state index contributed by atoms with van der Waals surface area (Å²) in [5.74, 6) is 2.73. The van der Waals surface area contributed by atoms with E-state index < -0.39 is 15.5 Å². The Morgan fingerprint density at radius 2 is 1.32 bits per heavy atom. The van der Waals surface area contributed by atoms with Crippen molar-refractivity contribution >= 4 is 69.8 Å². The highest BCUT2D eigenvalue weighted by atomic mass is 31.1. The summed E-state index contributed by atoms with van der Waals surface area (Å²) in [6.07, 6.45) is 12.6. The molecule has 0 N–H and O–H groups in total. The van der Waals surface area contributed by atoms with Gasteiger partial charge in [0.2, 0.25) is 5.89 Å². The molecule has 5 nitrogen and oxygen atoms in total. The van der Waals surface area contributed by atoms with Gasteiger partial charge in [0, 0.05) is 33.0 Å². The van der Waals surface area contributed by atoms with E-state index >= 15 is 0 Å². The number of hydrogen-bond acceptors (Lipinski definition) is 5. The molecule has 4 atom stereocenters. The standard InChI is InChI=1S/C53H37N4OP2/c1-53-31-30-37(33-43(53)41-19-9-13-23-48(41)60(53)39-16-6-3-7-17-39)51-56-49(34-24-26-35(27-25-34)52-54-44-20-10-11-21-45(44)58-52)55-50(57-51)36-28-29-47-42(32-36)40-18-8-12-22-46(40)59(47)38-14-4-2-5-15-38/h2-30,32-33,42H,31H2,1H3/q+1. The summed E-state index contributed by atoms with van der Waals surface area (Å²) in [5.41, 5.74) is 9.50. The molecular weight excluding hydrogens is 771 g/mol. The van der Waals surface area contributed by atoms with Crippen LogP contribution >= 0.6 is 15.5 Å². The van der Waals surface area contributed by atoms with E-state index in [4.69, 9.17) is 24.4 Å². The quantitative estimate of drug-likeness (QED) is 0.157. The lowest BCUT2D eigenvalue weighted by Crippen LogP contribution is -2.27. The molecule has 0 spiro atoms. The average molecular weight is 808 g/mol. The van der Waals surface area contributed by atoms with Gasteiger partial charge in [0.05, 0.1) is 5.92 Å². The lowest BCUT2D eigenvalue weighted by Gasteiger charge is -2.35. The van der Waals surface area contributed by atoms with Crippen LogP contribution in [0.2, 0.25) is 0 Å². The Labute approximate surface area is 350 Å². The Bertz CT molecular complexity index is 3170. The average Bonchev–Trinajstić information content (AvgIpc) is 3.97. The smallest absolute Gasteiger partial charge is 0.227 e. The van der Waals surface area contributed by atoms with Crippen LogP contribution in [0.3, 0.4) is 0 Å². The molecule has 6 aromatic carbocycles. The number of rotatable bonds is 6. The van der Waals surface area contributed by atoms with E-state index in [1.807, 2.05) is 36.4 Å². The highest BCUT2D eigenvalue weighted by Gasteiger charge is 2.48. The first-order valence-electron chi connectivity index (χ1n) is 20.4. The van der Waals surface area contributed by atoms with Gasteiger partial charge < -0.3 is 4.42 Å². The first-order chi connectivity index (χ1) is 29.6. The molecule has 7 heteroatoms. The molecule has 0 fully saturated rings. The van der Waals surface area contributed by atoms with E-state index in [9.17, 15) is 0 Å². The fourth-order valence-electron chi connectivity index (χ4n) is 9.38. The predicted octanol–water partition coefficient (Wildman–Crippen LogP) is 10.8. The van der Waals surface area contributed by atoms with Crippen molar-refractivity contribution in [3.8, 4) is 22.8 Å². The van der Waals surface area contributed by atoms with Crippen molar-refractivity contribution in [1.82, 2.24) is 19.9 Å². The van der Waals surface area contributed by atoms with Crippen molar-refractivity contribution in [2.24, 2.45) is 0 Å². The number of para-hydroxylation sites is 2. The molecule has 0 saturated heterocycles. The van der Waals surface area contributed by atoms with Gasteiger partial charge in [-0.2, -0.15) is 0 Å².